The number of ether oxygens (including phenoxy) is 5. The predicted molar refractivity (Wildman–Crippen MR) is 52.2 cm³/mol. The molecule has 0 amide bonds. The Morgan fingerprint density at radius 1 is 1.19 bits per heavy atom. The van der Waals surface area contributed by atoms with Crippen LogP contribution in [0.3, 0.4) is 0 Å². The van der Waals surface area contributed by atoms with Crippen molar-refractivity contribution in [2.75, 3.05) is 33.0 Å². The first-order chi connectivity index (χ1) is 7.74. The smallest absolute Gasteiger partial charge is 0.430 e. The summed E-state index contributed by atoms with van der Waals surface area (Å²) in [6.45, 7) is 5.44. The van der Waals surface area contributed by atoms with Gasteiger partial charge < -0.3 is 23.7 Å². The summed E-state index contributed by atoms with van der Waals surface area (Å²) < 4.78 is 24.0. The van der Waals surface area contributed by atoms with Gasteiger partial charge in [-0.2, -0.15) is 0 Å². The molecule has 3 saturated heterocycles. The largest absolute Gasteiger partial charge is 0.508 e. The number of hydrogen-bond acceptors (Lipinski definition) is 6. The van der Waals surface area contributed by atoms with Crippen LogP contribution in [-0.2, 0) is 23.7 Å². The van der Waals surface area contributed by atoms with Crippen LogP contribution < -0.4 is 0 Å². The number of hydrogen-bond donors (Lipinski definition) is 0. The zero-order valence-corrected chi connectivity index (χ0v) is 9.22. The first-order valence-electron chi connectivity index (χ1n) is 5.38. The van der Waals surface area contributed by atoms with Crippen molar-refractivity contribution >= 4 is 6.16 Å². The number of cyclic esters (lactones) is 2. The molecule has 6 heteroatoms. The lowest BCUT2D eigenvalue weighted by atomic mass is 10.5. The van der Waals surface area contributed by atoms with Crippen molar-refractivity contribution in [1.82, 2.24) is 0 Å². The van der Waals surface area contributed by atoms with Gasteiger partial charge in [-0.1, -0.05) is 0 Å². The van der Waals surface area contributed by atoms with E-state index in [2.05, 4.69) is 9.47 Å². The second-order valence-corrected chi connectivity index (χ2v) is 3.94. The fourth-order valence-corrected chi connectivity index (χ4v) is 1.08. The summed E-state index contributed by atoms with van der Waals surface area (Å²) in [6, 6.07) is 0. The zero-order valence-electron chi connectivity index (χ0n) is 9.22. The Morgan fingerprint density at radius 2 is 1.75 bits per heavy atom. The van der Waals surface area contributed by atoms with Crippen LogP contribution in [0.4, 0.5) is 4.79 Å². The molecule has 0 N–H and O–H groups in total. The lowest BCUT2D eigenvalue weighted by Gasteiger charge is -1.95. The van der Waals surface area contributed by atoms with Crippen LogP contribution in [0.15, 0.2) is 0 Å². The minimum absolute atomic E-state index is 0.0486. The molecule has 3 rings (SSSR count). The summed E-state index contributed by atoms with van der Waals surface area (Å²) >= 11 is 0. The Balaban J connectivity index is 0.000000125. The van der Waals surface area contributed by atoms with Crippen molar-refractivity contribution in [1.29, 1.82) is 0 Å². The highest BCUT2D eigenvalue weighted by molar-refractivity contribution is 5.61. The highest BCUT2D eigenvalue weighted by atomic mass is 16.8. The van der Waals surface area contributed by atoms with Gasteiger partial charge in [0, 0.05) is 0 Å². The van der Waals surface area contributed by atoms with Crippen molar-refractivity contribution in [2.24, 2.45) is 0 Å². The quantitative estimate of drug-likeness (QED) is 0.514. The van der Waals surface area contributed by atoms with Crippen LogP contribution in [0.1, 0.15) is 6.92 Å². The van der Waals surface area contributed by atoms with Gasteiger partial charge in [-0.15, -0.1) is 0 Å². The van der Waals surface area contributed by atoms with Gasteiger partial charge >= 0.3 is 6.16 Å². The van der Waals surface area contributed by atoms with Crippen LogP contribution in [0.5, 0.6) is 0 Å². The van der Waals surface area contributed by atoms with E-state index in [1.54, 1.807) is 6.92 Å². The third-order valence-corrected chi connectivity index (χ3v) is 2.15. The first-order valence-corrected chi connectivity index (χ1v) is 5.38. The van der Waals surface area contributed by atoms with Crippen molar-refractivity contribution in [3.63, 3.8) is 0 Å². The van der Waals surface area contributed by atoms with Gasteiger partial charge in [0.2, 0.25) is 0 Å². The van der Waals surface area contributed by atoms with Gasteiger partial charge in [0.15, 0.2) is 0 Å². The second kappa shape index (κ2) is 5.47. The Bertz CT molecular complexity index is 223. The lowest BCUT2D eigenvalue weighted by molar-refractivity contribution is 0.102. The van der Waals surface area contributed by atoms with Crippen molar-refractivity contribution in [3.8, 4) is 0 Å². The molecule has 92 valence electrons. The van der Waals surface area contributed by atoms with Crippen LogP contribution in [0.25, 0.3) is 0 Å². The summed E-state index contributed by atoms with van der Waals surface area (Å²) in [7, 11) is 0. The molecule has 0 aromatic rings. The second-order valence-electron chi connectivity index (χ2n) is 3.94. The molecule has 0 aromatic carbocycles. The Morgan fingerprint density at radius 3 is 2.00 bits per heavy atom. The van der Waals surface area contributed by atoms with Gasteiger partial charge in [0.05, 0.1) is 26.4 Å². The molecule has 0 bridgehead atoms. The van der Waals surface area contributed by atoms with Crippen LogP contribution in [-0.4, -0.2) is 57.5 Å². The molecule has 3 atom stereocenters. The monoisotopic (exact) mass is 232 g/mol. The molecule has 3 unspecified atom stereocenters. The van der Waals surface area contributed by atoms with E-state index >= 15 is 0 Å². The molecule has 6 nitrogen and oxygen atoms in total. The molecule has 0 aromatic heterocycles. The summed E-state index contributed by atoms with van der Waals surface area (Å²) in [5, 5.41) is 0. The molecule has 3 aliphatic heterocycles. The fraction of sp³-hybridized carbons (Fsp3) is 0.900. The Hall–Kier alpha value is -0.850. The topological polar surface area (TPSA) is 69.8 Å². The predicted octanol–water partition coefficient (Wildman–Crippen LogP) is 0.342. The summed E-state index contributed by atoms with van der Waals surface area (Å²) in [5.41, 5.74) is 0. The molecule has 0 aliphatic carbocycles. The highest BCUT2D eigenvalue weighted by Crippen LogP contribution is 2.12. The third kappa shape index (κ3) is 4.78. The summed E-state index contributed by atoms with van der Waals surface area (Å²) in [5.74, 6) is 0. The average Bonchev–Trinajstić information content (AvgIpc) is 3.12. The van der Waals surface area contributed by atoms with Gasteiger partial charge in [-0.3, -0.25) is 0 Å². The SMILES string of the molecule is C(OCC1CO1)C1CO1.CC1COC(=O)O1. The number of epoxide rings is 2. The number of carbonyl (C=O) groups excluding carboxylic acids is 1. The standard InChI is InChI=1S/C6H10O3.C4H6O3/c1(5-3-8-5)7-2-6-4-9-6;1-3-2-6-4(5)7-3/h5-6H,1-4H2;3H,2H2,1H3. The van der Waals surface area contributed by atoms with E-state index in [-0.39, 0.29) is 6.10 Å². The normalized spacial score (nSPS) is 34.6. The van der Waals surface area contributed by atoms with Gasteiger partial charge in [-0.05, 0) is 6.92 Å². The number of carbonyl (C=O) groups is 1. The van der Waals surface area contributed by atoms with E-state index in [9.17, 15) is 4.79 Å². The molecule has 3 aliphatic rings. The van der Waals surface area contributed by atoms with Crippen molar-refractivity contribution in [3.05, 3.63) is 0 Å². The van der Waals surface area contributed by atoms with Gasteiger partial charge in [0.1, 0.15) is 24.9 Å². The Labute approximate surface area is 93.7 Å². The molecule has 3 heterocycles. The maximum absolute atomic E-state index is 10.0. The number of rotatable bonds is 4. The summed E-state index contributed by atoms with van der Waals surface area (Å²) in [6.07, 6.45) is 0.187. The molecule has 3 fully saturated rings. The lowest BCUT2D eigenvalue weighted by Crippen LogP contribution is -2.06. The van der Waals surface area contributed by atoms with Gasteiger partial charge in [0.25, 0.3) is 0 Å². The van der Waals surface area contributed by atoms with Gasteiger partial charge in [-0.25, -0.2) is 4.79 Å². The maximum atomic E-state index is 10.0. The first kappa shape index (κ1) is 11.6. The minimum atomic E-state index is -0.549. The van der Waals surface area contributed by atoms with Crippen molar-refractivity contribution in [2.45, 2.75) is 25.2 Å². The van der Waals surface area contributed by atoms with Crippen molar-refractivity contribution < 1.29 is 28.5 Å². The molecule has 0 saturated carbocycles. The zero-order chi connectivity index (χ0) is 11.4. The van der Waals surface area contributed by atoms with E-state index in [4.69, 9.17) is 14.2 Å². The van der Waals surface area contributed by atoms with E-state index in [0.717, 1.165) is 26.4 Å². The Kier molecular flexibility index (Phi) is 3.98. The summed E-state index contributed by atoms with van der Waals surface area (Å²) in [4.78, 5) is 10.0. The minimum Gasteiger partial charge on any atom is -0.430 e. The van der Waals surface area contributed by atoms with E-state index in [0.29, 0.717) is 18.8 Å². The van der Waals surface area contributed by atoms with Crippen LogP contribution in [0.2, 0.25) is 0 Å². The van der Waals surface area contributed by atoms with E-state index in [1.165, 1.54) is 0 Å². The molecule has 16 heavy (non-hydrogen) atoms. The molecule has 0 spiro atoms. The molecular weight excluding hydrogens is 216 g/mol. The highest BCUT2D eigenvalue weighted by Gasteiger charge is 2.26. The fourth-order valence-electron chi connectivity index (χ4n) is 1.08. The molecule has 0 radical (unpaired) electrons. The van der Waals surface area contributed by atoms with Crippen LogP contribution in [0, 0.1) is 0 Å². The van der Waals surface area contributed by atoms with E-state index in [1.807, 2.05) is 0 Å². The average molecular weight is 232 g/mol. The molecular formula is C10H16O6. The third-order valence-electron chi connectivity index (χ3n) is 2.15. The van der Waals surface area contributed by atoms with E-state index < -0.39 is 6.16 Å². The van der Waals surface area contributed by atoms with Crippen LogP contribution >= 0.6 is 0 Å². The maximum Gasteiger partial charge on any atom is 0.508 e.